The van der Waals surface area contributed by atoms with Crippen molar-refractivity contribution in [1.29, 1.82) is 0 Å². The Hall–Kier alpha value is -2.13. The maximum atomic E-state index is 5.41. The Labute approximate surface area is 145 Å². The molecule has 0 amide bonds. The first kappa shape index (κ1) is 16.7. The SMILES string of the molecule is COc1ccc2c(c1)CC(CCN(C)C)=C2[C@@H](C)c1ccccn1. The van der Waals surface area contributed by atoms with Crippen LogP contribution in [0.25, 0.3) is 5.57 Å². The van der Waals surface area contributed by atoms with E-state index in [1.165, 1.54) is 22.3 Å². The Balaban J connectivity index is 2.00. The van der Waals surface area contributed by atoms with Crippen LogP contribution in [0.15, 0.2) is 48.2 Å². The number of ether oxygens (including phenoxy) is 1. The zero-order valence-electron chi connectivity index (χ0n) is 15.0. The lowest BCUT2D eigenvalue weighted by Crippen LogP contribution is -2.14. The molecule has 0 N–H and O–H groups in total. The molecule has 1 aliphatic carbocycles. The molecule has 0 bridgehead atoms. The monoisotopic (exact) mass is 322 g/mol. The number of pyridine rings is 1. The van der Waals surface area contributed by atoms with Crippen molar-refractivity contribution in [3.05, 3.63) is 65.0 Å². The standard InChI is InChI=1S/C21H26N2O/c1-15(20-7-5-6-11-22-20)21-16(10-12-23(2)3)13-17-14-18(24-4)8-9-19(17)21/h5-9,11,14-15H,10,12-13H2,1-4H3/t15-/m0/s1. The molecule has 2 aromatic rings. The van der Waals surface area contributed by atoms with Crippen molar-refractivity contribution < 1.29 is 4.74 Å². The number of fused-ring (bicyclic) bond motifs is 1. The highest BCUT2D eigenvalue weighted by molar-refractivity contribution is 5.80. The summed E-state index contributed by atoms with van der Waals surface area (Å²) in [4.78, 5) is 6.84. The average Bonchev–Trinajstić information content (AvgIpc) is 2.97. The van der Waals surface area contributed by atoms with E-state index in [4.69, 9.17) is 4.74 Å². The van der Waals surface area contributed by atoms with Crippen LogP contribution in [0.4, 0.5) is 0 Å². The molecule has 3 nitrogen and oxygen atoms in total. The zero-order valence-corrected chi connectivity index (χ0v) is 15.0. The van der Waals surface area contributed by atoms with Gasteiger partial charge in [-0.25, -0.2) is 0 Å². The van der Waals surface area contributed by atoms with Crippen molar-refractivity contribution in [1.82, 2.24) is 9.88 Å². The second-order valence-corrected chi connectivity index (χ2v) is 6.75. The van der Waals surface area contributed by atoms with Gasteiger partial charge in [0.05, 0.1) is 7.11 Å². The highest BCUT2D eigenvalue weighted by Gasteiger charge is 2.27. The number of hydrogen-bond acceptors (Lipinski definition) is 3. The van der Waals surface area contributed by atoms with Gasteiger partial charge in [-0.15, -0.1) is 0 Å². The molecule has 1 aromatic carbocycles. The zero-order chi connectivity index (χ0) is 17.1. The Bertz CT molecular complexity index is 735. The van der Waals surface area contributed by atoms with Crippen molar-refractivity contribution in [2.75, 3.05) is 27.7 Å². The lowest BCUT2D eigenvalue weighted by Gasteiger charge is -2.18. The molecule has 3 heteroatoms. The van der Waals surface area contributed by atoms with Crippen LogP contribution in [0.1, 0.15) is 36.1 Å². The van der Waals surface area contributed by atoms with Gasteiger partial charge in [-0.3, -0.25) is 4.98 Å². The summed E-state index contributed by atoms with van der Waals surface area (Å²) in [6.45, 7) is 3.34. The van der Waals surface area contributed by atoms with Gasteiger partial charge in [0.15, 0.2) is 0 Å². The molecule has 1 aromatic heterocycles. The predicted molar refractivity (Wildman–Crippen MR) is 99.4 cm³/mol. The summed E-state index contributed by atoms with van der Waals surface area (Å²) >= 11 is 0. The molecule has 0 radical (unpaired) electrons. The van der Waals surface area contributed by atoms with E-state index in [0.29, 0.717) is 5.92 Å². The number of hydrogen-bond donors (Lipinski definition) is 0. The van der Waals surface area contributed by atoms with Gasteiger partial charge in [0.2, 0.25) is 0 Å². The van der Waals surface area contributed by atoms with Crippen LogP contribution in [-0.2, 0) is 6.42 Å². The Kier molecular flexibility index (Phi) is 5.00. The quantitative estimate of drug-likeness (QED) is 0.798. The Morgan fingerprint density at radius 2 is 2.04 bits per heavy atom. The van der Waals surface area contributed by atoms with Crippen LogP contribution in [0.3, 0.4) is 0 Å². The summed E-state index contributed by atoms with van der Waals surface area (Å²) in [5.41, 5.74) is 6.86. The average molecular weight is 322 g/mol. The van der Waals surface area contributed by atoms with Crippen LogP contribution in [-0.4, -0.2) is 37.6 Å². The first-order valence-corrected chi connectivity index (χ1v) is 8.55. The molecular weight excluding hydrogens is 296 g/mol. The second kappa shape index (κ2) is 7.18. The first-order valence-electron chi connectivity index (χ1n) is 8.55. The van der Waals surface area contributed by atoms with E-state index in [9.17, 15) is 0 Å². The van der Waals surface area contributed by atoms with E-state index in [0.717, 1.165) is 30.8 Å². The maximum absolute atomic E-state index is 5.41. The van der Waals surface area contributed by atoms with Gasteiger partial charge in [-0.05, 0) is 67.9 Å². The minimum atomic E-state index is 0.304. The molecule has 1 heterocycles. The number of nitrogens with zero attached hydrogens (tertiary/aromatic N) is 2. The van der Waals surface area contributed by atoms with Crippen LogP contribution in [0.5, 0.6) is 5.75 Å². The normalized spacial score (nSPS) is 14.9. The van der Waals surface area contributed by atoms with E-state index in [1.807, 2.05) is 12.3 Å². The smallest absolute Gasteiger partial charge is 0.119 e. The van der Waals surface area contributed by atoms with Crippen LogP contribution in [0, 0.1) is 0 Å². The van der Waals surface area contributed by atoms with E-state index < -0.39 is 0 Å². The van der Waals surface area contributed by atoms with Crippen LogP contribution >= 0.6 is 0 Å². The fraction of sp³-hybridized carbons (Fsp3) is 0.381. The molecule has 0 saturated carbocycles. The molecule has 0 fully saturated rings. The second-order valence-electron chi connectivity index (χ2n) is 6.75. The van der Waals surface area contributed by atoms with Crippen molar-refractivity contribution in [3.8, 4) is 5.75 Å². The molecule has 0 aliphatic heterocycles. The summed E-state index contributed by atoms with van der Waals surface area (Å²) in [7, 11) is 6.00. The third kappa shape index (κ3) is 3.36. The van der Waals surface area contributed by atoms with Gasteiger partial charge in [0.25, 0.3) is 0 Å². The fourth-order valence-corrected chi connectivity index (χ4v) is 3.52. The molecule has 126 valence electrons. The molecule has 0 unspecified atom stereocenters. The fourth-order valence-electron chi connectivity index (χ4n) is 3.52. The number of rotatable bonds is 6. The number of aromatic nitrogens is 1. The molecule has 24 heavy (non-hydrogen) atoms. The number of benzene rings is 1. The molecular formula is C21H26N2O. The van der Waals surface area contributed by atoms with E-state index >= 15 is 0 Å². The minimum absolute atomic E-state index is 0.304. The highest BCUT2D eigenvalue weighted by Crippen LogP contribution is 2.43. The third-order valence-electron chi connectivity index (χ3n) is 4.81. The lowest BCUT2D eigenvalue weighted by atomic mass is 9.89. The van der Waals surface area contributed by atoms with Crippen molar-refractivity contribution in [2.45, 2.75) is 25.7 Å². The predicted octanol–water partition coefficient (Wildman–Crippen LogP) is 4.16. The summed E-state index contributed by atoms with van der Waals surface area (Å²) in [5, 5.41) is 0. The van der Waals surface area contributed by atoms with Crippen LogP contribution in [0.2, 0.25) is 0 Å². The van der Waals surface area contributed by atoms with Crippen molar-refractivity contribution in [3.63, 3.8) is 0 Å². The summed E-state index contributed by atoms with van der Waals surface area (Å²) in [5.74, 6) is 1.24. The Morgan fingerprint density at radius 1 is 1.21 bits per heavy atom. The van der Waals surface area contributed by atoms with Gasteiger partial charge >= 0.3 is 0 Å². The minimum Gasteiger partial charge on any atom is -0.497 e. The molecule has 0 spiro atoms. The highest BCUT2D eigenvalue weighted by atomic mass is 16.5. The van der Waals surface area contributed by atoms with E-state index in [2.05, 4.69) is 61.2 Å². The van der Waals surface area contributed by atoms with Gasteiger partial charge in [0, 0.05) is 24.4 Å². The van der Waals surface area contributed by atoms with Crippen molar-refractivity contribution >= 4 is 5.57 Å². The van der Waals surface area contributed by atoms with Gasteiger partial charge < -0.3 is 9.64 Å². The van der Waals surface area contributed by atoms with Gasteiger partial charge in [0.1, 0.15) is 5.75 Å². The largest absolute Gasteiger partial charge is 0.497 e. The van der Waals surface area contributed by atoms with E-state index in [1.54, 1.807) is 7.11 Å². The maximum Gasteiger partial charge on any atom is 0.119 e. The third-order valence-corrected chi connectivity index (χ3v) is 4.81. The molecule has 1 atom stereocenters. The first-order chi connectivity index (χ1) is 11.6. The summed E-state index contributed by atoms with van der Waals surface area (Å²) in [6, 6.07) is 12.6. The van der Waals surface area contributed by atoms with Gasteiger partial charge in [-0.1, -0.05) is 24.6 Å². The van der Waals surface area contributed by atoms with Crippen LogP contribution < -0.4 is 4.74 Å². The lowest BCUT2D eigenvalue weighted by molar-refractivity contribution is 0.411. The molecule has 0 saturated heterocycles. The Morgan fingerprint density at radius 3 is 2.71 bits per heavy atom. The van der Waals surface area contributed by atoms with E-state index in [-0.39, 0.29) is 0 Å². The number of methoxy groups -OCH3 is 1. The van der Waals surface area contributed by atoms with Crippen molar-refractivity contribution in [2.24, 2.45) is 0 Å². The molecule has 3 rings (SSSR count). The number of allylic oxidation sites excluding steroid dienone is 1. The summed E-state index contributed by atoms with van der Waals surface area (Å²) in [6.07, 6.45) is 4.00. The van der Waals surface area contributed by atoms with Gasteiger partial charge in [-0.2, -0.15) is 0 Å². The topological polar surface area (TPSA) is 25.4 Å². The summed E-state index contributed by atoms with van der Waals surface area (Å²) < 4.78 is 5.41. The molecule has 1 aliphatic rings.